The van der Waals surface area contributed by atoms with Crippen LogP contribution in [-0.2, 0) is 6.42 Å². The highest BCUT2D eigenvalue weighted by Gasteiger charge is 2.14. The van der Waals surface area contributed by atoms with Crippen LogP contribution in [0.4, 0.5) is 5.95 Å². The molecule has 1 heterocycles. The topological polar surface area (TPSA) is 61.0 Å². The standard InChI is InChI=1S/C13H13Cl2N3O/c1-3-7-6-9(18-13(16)17-7)8-4-5-10(19-2)12(15)11(8)14/h4-6H,3H2,1-2H3,(H2,16,17,18). The number of halogens is 2. The number of ether oxygens (including phenoxy) is 1. The van der Waals surface area contributed by atoms with Gasteiger partial charge in [-0.2, -0.15) is 0 Å². The molecule has 1 aromatic heterocycles. The van der Waals surface area contributed by atoms with Crippen molar-refractivity contribution in [3.8, 4) is 17.0 Å². The van der Waals surface area contributed by atoms with Gasteiger partial charge in [-0.3, -0.25) is 0 Å². The number of aryl methyl sites for hydroxylation is 1. The van der Waals surface area contributed by atoms with Crippen molar-refractivity contribution in [3.63, 3.8) is 0 Å². The number of nitrogen functional groups attached to an aromatic ring is 1. The van der Waals surface area contributed by atoms with Crippen LogP contribution in [0.2, 0.25) is 10.0 Å². The van der Waals surface area contributed by atoms with Gasteiger partial charge in [0.25, 0.3) is 0 Å². The fraction of sp³-hybridized carbons (Fsp3) is 0.231. The lowest BCUT2D eigenvalue weighted by Crippen LogP contribution is -2.00. The van der Waals surface area contributed by atoms with E-state index in [-0.39, 0.29) is 5.95 Å². The van der Waals surface area contributed by atoms with Crippen LogP contribution in [0.25, 0.3) is 11.3 Å². The van der Waals surface area contributed by atoms with Gasteiger partial charge in [-0.05, 0) is 24.6 Å². The molecule has 0 fully saturated rings. The lowest BCUT2D eigenvalue weighted by atomic mass is 10.1. The Morgan fingerprint density at radius 1 is 1.21 bits per heavy atom. The SMILES string of the molecule is CCc1cc(-c2ccc(OC)c(Cl)c2Cl)nc(N)n1. The highest BCUT2D eigenvalue weighted by Crippen LogP contribution is 2.38. The van der Waals surface area contributed by atoms with Gasteiger partial charge in [0.1, 0.15) is 10.8 Å². The molecule has 2 N–H and O–H groups in total. The van der Waals surface area contributed by atoms with Crippen molar-refractivity contribution >= 4 is 29.2 Å². The molecule has 2 rings (SSSR count). The summed E-state index contributed by atoms with van der Waals surface area (Å²) in [4.78, 5) is 8.32. The van der Waals surface area contributed by atoms with Crippen LogP contribution in [0.15, 0.2) is 18.2 Å². The van der Waals surface area contributed by atoms with Gasteiger partial charge in [-0.25, -0.2) is 9.97 Å². The Kier molecular flexibility index (Phi) is 4.12. The number of nitrogens with two attached hydrogens (primary N) is 1. The normalized spacial score (nSPS) is 10.5. The molecule has 100 valence electrons. The molecular formula is C13H13Cl2N3O. The Bertz CT molecular complexity index is 617. The second-order valence-corrected chi connectivity index (χ2v) is 4.66. The molecule has 0 saturated carbocycles. The van der Waals surface area contributed by atoms with Crippen LogP contribution in [0.5, 0.6) is 5.75 Å². The first-order chi connectivity index (χ1) is 9.06. The number of hydrogen-bond donors (Lipinski definition) is 1. The van der Waals surface area contributed by atoms with Crippen molar-refractivity contribution in [2.75, 3.05) is 12.8 Å². The van der Waals surface area contributed by atoms with Gasteiger partial charge in [0.2, 0.25) is 5.95 Å². The third-order valence-electron chi connectivity index (χ3n) is 2.70. The van der Waals surface area contributed by atoms with Crippen LogP contribution in [-0.4, -0.2) is 17.1 Å². The zero-order chi connectivity index (χ0) is 14.0. The first kappa shape index (κ1) is 13.9. The third-order valence-corrected chi connectivity index (χ3v) is 3.57. The minimum Gasteiger partial charge on any atom is -0.495 e. The van der Waals surface area contributed by atoms with Gasteiger partial charge in [0, 0.05) is 11.3 Å². The van der Waals surface area contributed by atoms with E-state index in [1.54, 1.807) is 12.1 Å². The molecule has 0 unspecified atom stereocenters. The summed E-state index contributed by atoms with van der Waals surface area (Å²) in [5, 5.41) is 0.748. The van der Waals surface area contributed by atoms with Crippen LogP contribution in [0.1, 0.15) is 12.6 Å². The molecular weight excluding hydrogens is 285 g/mol. The number of aromatic nitrogens is 2. The molecule has 2 aromatic rings. The zero-order valence-electron chi connectivity index (χ0n) is 10.6. The van der Waals surface area contributed by atoms with E-state index >= 15 is 0 Å². The maximum absolute atomic E-state index is 6.25. The summed E-state index contributed by atoms with van der Waals surface area (Å²) in [7, 11) is 1.54. The van der Waals surface area contributed by atoms with Crippen molar-refractivity contribution < 1.29 is 4.74 Å². The summed E-state index contributed by atoms with van der Waals surface area (Å²) in [5.41, 5.74) is 7.90. The van der Waals surface area contributed by atoms with Gasteiger partial charge in [-0.15, -0.1) is 0 Å². The summed E-state index contributed by atoms with van der Waals surface area (Å²) in [5.74, 6) is 0.741. The maximum Gasteiger partial charge on any atom is 0.220 e. The van der Waals surface area contributed by atoms with Crippen molar-refractivity contribution in [3.05, 3.63) is 33.9 Å². The van der Waals surface area contributed by atoms with Gasteiger partial charge >= 0.3 is 0 Å². The van der Waals surface area contributed by atoms with E-state index in [4.69, 9.17) is 33.7 Å². The van der Waals surface area contributed by atoms with Gasteiger partial charge in [-0.1, -0.05) is 30.1 Å². The molecule has 0 aliphatic heterocycles. The van der Waals surface area contributed by atoms with E-state index in [1.165, 1.54) is 7.11 Å². The molecule has 0 aliphatic rings. The second-order valence-electron chi connectivity index (χ2n) is 3.90. The quantitative estimate of drug-likeness (QED) is 0.940. The number of nitrogens with zero attached hydrogens (tertiary/aromatic N) is 2. The largest absolute Gasteiger partial charge is 0.495 e. The molecule has 0 bridgehead atoms. The lowest BCUT2D eigenvalue weighted by molar-refractivity contribution is 0.415. The van der Waals surface area contributed by atoms with E-state index in [0.29, 0.717) is 27.1 Å². The average molecular weight is 298 g/mol. The predicted octanol–water partition coefficient (Wildman–Crippen LogP) is 3.60. The molecule has 4 nitrogen and oxygen atoms in total. The number of hydrogen-bond acceptors (Lipinski definition) is 4. The molecule has 0 saturated heterocycles. The number of benzene rings is 1. The monoisotopic (exact) mass is 297 g/mol. The number of methoxy groups -OCH3 is 1. The minimum absolute atomic E-state index is 0.220. The maximum atomic E-state index is 6.25. The Hall–Kier alpha value is -1.52. The summed E-state index contributed by atoms with van der Waals surface area (Å²) in [6.45, 7) is 1.99. The van der Waals surface area contributed by atoms with Crippen molar-refractivity contribution in [1.29, 1.82) is 0 Å². The fourth-order valence-corrected chi connectivity index (χ4v) is 2.22. The molecule has 0 atom stereocenters. The number of anilines is 1. The van der Waals surface area contributed by atoms with Crippen molar-refractivity contribution in [2.24, 2.45) is 0 Å². The van der Waals surface area contributed by atoms with E-state index in [0.717, 1.165) is 12.1 Å². The first-order valence-corrected chi connectivity index (χ1v) is 6.48. The summed E-state index contributed by atoms with van der Waals surface area (Å²) < 4.78 is 5.11. The van der Waals surface area contributed by atoms with Crippen molar-refractivity contribution in [1.82, 2.24) is 9.97 Å². The summed E-state index contributed by atoms with van der Waals surface area (Å²) in [6, 6.07) is 5.39. The molecule has 6 heteroatoms. The van der Waals surface area contributed by atoms with E-state index in [1.807, 2.05) is 13.0 Å². The molecule has 0 amide bonds. The third kappa shape index (κ3) is 2.74. The molecule has 1 aromatic carbocycles. The van der Waals surface area contributed by atoms with E-state index in [9.17, 15) is 0 Å². The lowest BCUT2D eigenvalue weighted by Gasteiger charge is -2.10. The minimum atomic E-state index is 0.220. The van der Waals surface area contributed by atoms with Crippen LogP contribution in [0, 0.1) is 0 Å². The summed E-state index contributed by atoms with van der Waals surface area (Å²) in [6.07, 6.45) is 0.765. The average Bonchev–Trinajstić information content (AvgIpc) is 2.41. The van der Waals surface area contributed by atoms with Gasteiger partial charge in [0.05, 0.1) is 17.8 Å². The predicted molar refractivity (Wildman–Crippen MR) is 77.8 cm³/mol. The van der Waals surface area contributed by atoms with Gasteiger partial charge < -0.3 is 10.5 Å². The second kappa shape index (κ2) is 5.63. The van der Waals surface area contributed by atoms with Crippen LogP contribution < -0.4 is 10.5 Å². The Morgan fingerprint density at radius 3 is 2.58 bits per heavy atom. The molecule has 0 spiro atoms. The molecule has 0 aliphatic carbocycles. The highest BCUT2D eigenvalue weighted by atomic mass is 35.5. The molecule has 0 radical (unpaired) electrons. The Labute approximate surface area is 121 Å². The summed E-state index contributed by atoms with van der Waals surface area (Å²) >= 11 is 12.4. The van der Waals surface area contributed by atoms with E-state index in [2.05, 4.69) is 9.97 Å². The smallest absolute Gasteiger partial charge is 0.220 e. The van der Waals surface area contributed by atoms with Crippen molar-refractivity contribution in [2.45, 2.75) is 13.3 Å². The fourth-order valence-electron chi connectivity index (χ4n) is 1.72. The van der Waals surface area contributed by atoms with Crippen LogP contribution >= 0.6 is 23.2 Å². The Morgan fingerprint density at radius 2 is 1.95 bits per heavy atom. The highest BCUT2D eigenvalue weighted by molar-refractivity contribution is 6.44. The van der Waals surface area contributed by atoms with Gasteiger partial charge in [0.15, 0.2) is 0 Å². The number of rotatable bonds is 3. The first-order valence-electron chi connectivity index (χ1n) is 5.72. The van der Waals surface area contributed by atoms with E-state index < -0.39 is 0 Å². The zero-order valence-corrected chi connectivity index (χ0v) is 12.1. The Balaban J connectivity index is 2.59. The van der Waals surface area contributed by atoms with Crippen LogP contribution in [0.3, 0.4) is 0 Å². The molecule has 19 heavy (non-hydrogen) atoms.